The van der Waals surface area contributed by atoms with Gasteiger partial charge in [0, 0.05) is 6.54 Å². The third kappa shape index (κ3) is 2.05. The molecule has 6 nitrogen and oxygen atoms in total. The van der Waals surface area contributed by atoms with E-state index in [0.29, 0.717) is 11.4 Å². The summed E-state index contributed by atoms with van der Waals surface area (Å²) in [5.74, 6) is -0.295. The van der Waals surface area contributed by atoms with E-state index in [1.807, 2.05) is 18.5 Å². The number of ether oxygens (including phenoxy) is 1. The lowest BCUT2D eigenvalue weighted by Gasteiger charge is -2.05. The van der Waals surface area contributed by atoms with Crippen molar-refractivity contribution in [3.63, 3.8) is 0 Å². The van der Waals surface area contributed by atoms with Gasteiger partial charge in [0.2, 0.25) is 0 Å². The summed E-state index contributed by atoms with van der Waals surface area (Å²) in [6.07, 6.45) is 0. The maximum absolute atomic E-state index is 11.6. The molecule has 0 unspecified atom stereocenters. The summed E-state index contributed by atoms with van der Waals surface area (Å²) in [6, 6.07) is 0. The van der Waals surface area contributed by atoms with Crippen molar-refractivity contribution in [3.05, 3.63) is 10.5 Å². The van der Waals surface area contributed by atoms with Crippen LogP contribution >= 0.6 is 12.2 Å². The van der Waals surface area contributed by atoms with Crippen LogP contribution in [0.5, 0.6) is 0 Å². The van der Waals surface area contributed by atoms with Crippen LogP contribution in [-0.4, -0.2) is 31.9 Å². The second-order valence-corrected chi connectivity index (χ2v) is 4.31. The van der Waals surface area contributed by atoms with Crippen LogP contribution in [-0.2, 0) is 22.6 Å². The molecule has 0 fully saturated rings. The largest absolute Gasteiger partial charge is 0.465 e. The van der Waals surface area contributed by atoms with Crippen LogP contribution in [0.2, 0.25) is 0 Å². The summed E-state index contributed by atoms with van der Waals surface area (Å²) in [4.78, 5) is 14.7. The minimum atomic E-state index is -0.295. The van der Waals surface area contributed by atoms with E-state index in [1.54, 1.807) is 11.5 Å². The molecule has 0 aliphatic rings. The predicted octanol–water partition coefficient (Wildman–Crippen LogP) is 1.79. The van der Waals surface area contributed by atoms with Crippen LogP contribution in [0.1, 0.15) is 19.5 Å². The fraction of sp³-hybridized carbons (Fsp3) is 0.545. The zero-order valence-corrected chi connectivity index (χ0v) is 11.5. The van der Waals surface area contributed by atoms with Gasteiger partial charge in [0.25, 0.3) is 0 Å². The third-order valence-electron chi connectivity index (χ3n) is 2.73. The van der Waals surface area contributed by atoms with Gasteiger partial charge in [-0.15, -0.1) is 0 Å². The number of hydrogen-bond donors (Lipinski definition) is 1. The van der Waals surface area contributed by atoms with Gasteiger partial charge in [0.15, 0.2) is 10.4 Å². The van der Waals surface area contributed by atoms with Crippen molar-refractivity contribution >= 4 is 29.4 Å². The van der Waals surface area contributed by atoms with Crippen LogP contribution < -0.4 is 0 Å². The SMILES string of the molecule is CCOC(=O)Cn1c(=S)[nH]c2c(C)nn(CC)c21. The number of nitrogens with one attached hydrogen (secondary N) is 1. The molecule has 18 heavy (non-hydrogen) atoms. The van der Waals surface area contributed by atoms with Gasteiger partial charge in [0.1, 0.15) is 12.1 Å². The van der Waals surface area contributed by atoms with Gasteiger partial charge in [-0.25, -0.2) is 4.68 Å². The molecule has 0 aliphatic heterocycles. The van der Waals surface area contributed by atoms with Gasteiger partial charge < -0.3 is 9.72 Å². The standard InChI is InChI=1S/C11H16N4O2S/c1-4-15-10-9(7(3)13-15)12-11(18)14(10)6-8(16)17-5-2/h4-6H2,1-3H3,(H,12,18). The van der Waals surface area contributed by atoms with Crippen molar-refractivity contribution in [3.8, 4) is 0 Å². The molecule has 2 aromatic heterocycles. The minimum Gasteiger partial charge on any atom is -0.465 e. The highest BCUT2D eigenvalue weighted by Gasteiger charge is 2.16. The Bertz CT molecular complexity index is 637. The van der Waals surface area contributed by atoms with Crippen molar-refractivity contribution in [1.82, 2.24) is 19.3 Å². The number of aryl methyl sites for hydroxylation is 2. The van der Waals surface area contributed by atoms with Gasteiger partial charge in [-0.05, 0) is 33.0 Å². The number of esters is 1. The number of carbonyl (C=O) groups excluding carboxylic acids is 1. The maximum Gasteiger partial charge on any atom is 0.326 e. The number of carbonyl (C=O) groups is 1. The molecule has 0 bridgehead atoms. The van der Waals surface area contributed by atoms with Crippen molar-refractivity contribution in [2.24, 2.45) is 0 Å². The molecule has 1 N–H and O–H groups in total. The Balaban J connectivity index is 2.52. The molecule has 7 heteroatoms. The molecule has 0 atom stereocenters. The summed E-state index contributed by atoms with van der Waals surface area (Å²) in [5, 5.41) is 4.39. The first-order valence-corrected chi connectivity index (χ1v) is 6.30. The Labute approximate surface area is 110 Å². The van der Waals surface area contributed by atoms with E-state index in [9.17, 15) is 4.79 Å². The Morgan fingerprint density at radius 2 is 2.22 bits per heavy atom. The first kappa shape index (κ1) is 12.8. The van der Waals surface area contributed by atoms with E-state index >= 15 is 0 Å². The molecule has 0 saturated heterocycles. The molecular formula is C11H16N4O2S. The van der Waals surface area contributed by atoms with Gasteiger partial charge in [-0.1, -0.05) is 0 Å². The topological polar surface area (TPSA) is 64.8 Å². The summed E-state index contributed by atoms with van der Waals surface area (Å²) in [5.41, 5.74) is 2.60. The normalized spacial score (nSPS) is 11.1. The number of hydrogen-bond acceptors (Lipinski definition) is 4. The molecule has 2 aromatic rings. The zero-order valence-electron chi connectivity index (χ0n) is 10.7. The van der Waals surface area contributed by atoms with Crippen LogP contribution in [0.4, 0.5) is 0 Å². The van der Waals surface area contributed by atoms with E-state index < -0.39 is 0 Å². The highest BCUT2D eigenvalue weighted by Crippen LogP contribution is 2.17. The van der Waals surface area contributed by atoms with Crippen molar-refractivity contribution in [2.45, 2.75) is 33.9 Å². The molecule has 2 rings (SSSR count). The number of H-pyrrole nitrogens is 1. The summed E-state index contributed by atoms with van der Waals surface area (Å²) in [6.45, 7) is 6.89. The average molecular weight is 268 g/mol. The molecule has 0 amide bonds. The highest BCUT2D eigenvalue weighted by atomic mass is 32.1. The second kappa shape index (κ2) is 4.93. The monoisotopic (exact) mass is 268 g/mol. The summed E-state index contributed by atoms with van der Waals surface area (Å²) in [7, 11) is 0. The Morgan fingerprint density at radius 1 is 1.50 bits per heavy atom. The Morgan fingerprint density at radius 3 is 2.83 bits per heavy atom. The zero-order chi connectivity index (χ0) is 13.3. The molecular weight excluding hydrogens is 252 g/mol. The molecule has 2 heterocycles. The first-order valence-electron chi connectivity index (χ1n) is 5.90. The van der Waals surface area contributed by atoms with Crippen LogP contribution in [0.3, 0.4) is 0 Å². The highest BCUT2D eigenvalue weighted by molar-refractivity contribution is 7.71. The van der Waals surface area contributed by atoms with E-state index in [2.05, 4.69) is 10.1 Å². The molecule has 0 aliphatic carbocycles. The Kier molecular flexibility index (Phi) is 3.51. The molecule has 0 spiro atoms. The van der Waals surface area contributed by atoms with E-state index in [1.165, 1.54) is 0 Å². The fourth-order valence-electron chi connectivity index (χ4n) is 1.96. The van der Waals surface area contributed by atoms with Crippen LogP contribution in [0.15, 0.2) is 0 Å². The number of rotatable bonds is 4. The minimum absolute atomic E-state index is 0.109. The predicted molar refractivity (Wildman–Crippen MR) is 70.0 cm³/mol. The molecule has 0 radical (unpaired) electrons. The second-order valence-electron chi connectivity index (χ2n) is 3.92. The van der Waals surface area contributed by atoms with Crippen molar-refractivity contribution in [1.29, 1.82) is 0 Å². The maximum atomic E-state index is 11.6. The Hall–Kier alpha value is -1.63. The van der Waals surface area contributed by atoms with E-state index in [4.69, 9.17) is 17.0 Å². The number of aromatic nitrogens is 4. The lowest BCUT2D eigenvalue weighted by Crippen LogP contribution is -2.15. The molecule has 0 aromatic carbocycles. The van der Waals surface area contributed by atoms with Crippen molar-refractivity contribution < 1.29 is 9.53 Å². The number of fused-ring (bicyclic) bond motifs is 1. The third-order valence-corrected chi connectivity index (χ3v) is 3.05. The molecule has 98 valence electrons. The number of imidazole rings is 1. The van der Waals surface area contributed by atoms with Gasteiger partial charge in [-0.2, -0.15) is 5.10 Å². The van der Waals surface area contributed by atoms with Crippen LogP contribution in [0, 0.1) is 11.7 Å². The summed E-state index contributed by atoms with van der Waals surface area (Å²) >= 11 is 5.23. The van der Waals surface area contributed by atoms with E-state index in [0.717, 1.165) is 23.4 Å². The number of aromatic amines is 1. The number of nitrogens with zero attached hydrogens (tertiary/aromatic N) is 3. The average Bonchev–Trinajstić information content (AvgIpc) is 2.79. The smallest absolute Gasteiger partial charge is 0.326 e. The van der Waals surface area contributed by atoms with Gasteiger partial charge in [0.05, 0.1) is 12.3 Å². The molecule has 0 saturated carbocycles. The van der Waals surface area contributed by atoms with Gasteiger partial charge >= 0.3 is 5.97 Å². The van der Waals surface area contributed by atoms with Gasteiger partial charge in [-0.3, -0.25) is 9.36 Å². The summed E-state index contributed by atoms with van der Waals surface area (Å²) < 4.78 is 9.02. The van der Waals surface area contributed by atoms with Crippen molar-refractivity contribution in [2.75, 3.05) is 6.61 Å². The van der Waals surface area contributed by atoms with E-state index in [-0.39, 0.29) is 12.5 Å². The lowest BCUT2D eigenvalue weighted by atomic mass is 10.4. The lowest BCUT2D eigenvalue weighted by molar-refractivity contribution is -0.143. The fourth-order valence-corrected chi connectivity index (χ4v) is 2.22. The van der Waals surface area contributed by atoms with Crippen LogP contribution in [0.25, 0.3) is 11.2 Å². The quantitative estimate of drug-likeness (QED) is 0.678. The first-order chi connectivity index (χ1) is 8.58.